The molecule has 2 aliphatic heterocycles. The van der Waals surface area contributed by atoms with Crippen molar-refractivity contribution in [2.75, 3.05) is 11.5 Å². The summed E-state index contributed by atoms with van der Waals surface area (Å²) in [6.07, 6.45) is 2.33. The van der Waals surface area contributed by atoms with Gasteiger partial charge in [-0.3, -0.25) is 4.79 Å². The first-order valence-corrected chi connectivity index (χ1v) is 9.67. The Hall–Kier alpha value is -2.36. The zero-order valence-corrected chi connectivity index (χ0v) is 17.0. The van der Waals surface area contributed by atoms with E-state index >= 15 is 0 Å². The molecular weight excluding hydrogens is 461 g/mol. The van der Waals surface area contributed by atoms with E-state index in [1.165, 1.54) is 6.20 Å². The lowest BCUT2D eigenvalue weighted by molar-refractivity contribution is -0.118. The van der Waals surface area contributed by atoms with Gasteiger partial charge < -0.3 is 14.8 Å². The van der Waals surface area contributed by atoms with Crippen LogP contribution in [0.3, 0.4) is 0 Å². The fraction of sp³-hybridized carbons (Fsp3) is 0.316. The number of imide groups is 1. The topological polar surface area (TPSA) is 80.8 Å². The number of alkyl halides is 1. The van der Waals surface area contributed by atoms with Gasteiger partial charge >= 0.3 is 6.03 Å². The monoisotopic (exact) mass is 479 g/mol. The van der Waals surface area contributed by atoms with E-state index in [1.54, 1.807) is 19.1 Å². The van der Waals surface area contributed by atoms with Crippen molar-refractivity contribution in [3.8, 4) is 17.4 Å². The largest absolute Gasteiger partial charge is 0.493 e. The smallest absolute Gasteiger partial charge is 0.330 e. The van der Waals surface area contributed by atoms with Crippen LogP contribution in [-0.2, 0) is 11.2 Å². The van der Waals surface area contributed by atoms with E-state index in [-0.39, 0.29) is 5.91 Å². The molecule has 0 spiro atoms. The summed E-state index contributed by atoms with van der Waals surface area (Å²) in [6.45, 7) is 4.48. The first-order chi connectivity index (χ1) is 12.8. The standard InChI is InChI=1S/C19H18IN3O4/c1-11-8-13-14(26-10-11)4-3-5-15(13)27-16-7-6-12(9-21-16)23-17(24)19(2,20)22-18(23)25/h3-7,9,11H,8,10H2,1-2H3,(H,22,25)/t11?,19-/m0/s1. The van der Waals surface area contributed by atoms with Gasteiger partial charge in [0.25, 0.3) is 5.91 Å². The van der Waals surface area contributed by atoms with Gasteiger partial charge in [0.1, 0.15) is 11.5 Å². The third-order valence-electron chi connectivity index (χ3n) is 4.51. The van der Waals surface area contributed by atoms with Gasteiger partial charge in [-0.15, -0.1) is 0 Å². The quantitative estimate of drug-likeness (QED) is 0.315. The van der Waals surface area contributed by atoms with Crippen molar-refractivity contribution in [3.63, 3.8) is 0 Å². The molecule has 27 heavy (non-hydrogen) atoms. The zero-order chi connectivity index (χ0) is 19.2. The molecule has 7 nitrogen and oxygen atoms in total. The first-order valence-electron chi connectivity index (χ1n) is 8.59. The molecule has 3 amide bonds. The predicted molar refractivity (Wildman–Crippen MR) is 108 cm³/mol. The van der Waals surface area contributed by atoms with Crippen molar-refractivity contribution >= 4 is 40.2 Å². The van der Waals surface area contributed by atoms with Gasteiger partial charge in [0, 0.05) is 11.6 Å². The second-order valence-corrected chi connectivity index (χ2v) is 9.04. The van der Waals surface area contributed by atoms with E-state index in [9.17, 15) is 9.59 Å². The Morgan fingerprint density at radius 1 is 1.33 bits per heavy atom. The molecule has 0 saturated carbocycles. The minimum absolute atomic E-state index is 0.327. The molecule has 3 heterocycles. The summed E-state index contributed by atoms with van der Waals surface area (Å²) in [6, 6.07) is 8.53. The normalized spacial score (nSPS) is 24.3. The summed E-state index contributed by atoms with van der Waals surface area (Å²) in [5, 5.41) is 2.64. The number of fused-ring (bicyclic) bond motifs is 1. The van der Waals surface area contributed by atoms with Gasteiger partial charge in [-0.1, -0.05) is 13.0 Å². The lowest BCUT2D eigenvalue weighted by atomic mass is 9.98. The SMILES string of the molecule is CC1COc2cccc(Oc3ccc(N4C(=O)N[C@](C)(I)C4=O)cn3)c2C1. The average Bonchev–Trinajstić information content (AvgIpc) is 2.83. The third kappa shape index (κ3) is 3.33. The van der Waals surface area contributed by atoms with E-state index in [2.05, 4.69) is 17.2 Å². The van der Waals surface area contributed by atoms with Gasteiger partial charge in [-0.05, 0) is 60.1 Å². The molecule has 1 saturated heterocycles. The van der Waals surface area contributed by atoms with E-state index in [1.807, 2.05) is 40.8 Å². The highest BCUT2D eigenvalue weighted by atomic mass is 127. The van der Waals surface area contributed by atoms with Crippen molar-refractivity contribution in [2.45, 2.75) is 23.8 Å². The molecule has 4 rings (SSSR count). The van der Waals surface area contributed by atoms with Crippen LogP contribution in [0.25, 0.3) is 0 Å². The number of carbonyl (C=O) groups excluding carboxylic acids is 2. The minimum atomic E-state index is -0.955. The lowest BCUT2D eigenvalue weighted by Crippen LogP contribution is -2.36. The number of carbonyl (C=O) groups is 2. The van der Waals surface area contributed by atoms with Crippen LogP contribution < -0.4 is 19.7 Å². The molecule has 1 fully saturated rings. The molecule has 2 aromatic rings. The second-order valence-electron chi connectivity index (χ2n) is 6.88. The molecule has 1 unspecified atom stereocenters. The summed E-state index contributed by atoms with van der Waals surface area (Å²) in [5.41, 5.74) is 1.43. The van der Waals surface area contributed by atoms with Gasteiger partial charge in [0.15, 0.2) is 3.55 Å². The third-order valence-corrected chi connectivity index (χ3v) is 5.24. The van der Waals surface area contributed by atoms with Crippen LogP contribution in [0.2, 0.25) is 0 Å². The summed E-state index contributed by atoms with van der Waals surface area (Å²) >= 11 is 1.91. The molecule has 0 radical (unpaired) electrons. The number of nitrogens with zero attached hydrogens (tertiary/aromatic N) is 2. The number of hydrogen-bond donors (Lipinski definition) is 1. The van der Waals surface area contributed by atoms with Crippen molar-refractivity contribution in [1.29, 1.82) is 0 Å². The van der Waals surface area contributed by atoms with E-state index in [0.29, 0.717) is 29.8 Å². The van der Waals surface area contributed by atoms with Gasteiger partial charge in [-0.25, -0.2) is 14.7 Å². The van der Waals surface area contributed by atoms with Crippen molar-refractivity contribution in [1.82, 2.24) is 10.3 Å². The Labute approximate surface area is 170 Å². The number of anilines is 1. The lowest BCUT2D eigenvalue weighted by Gasteiger charge is -2.24. The molecule has 2 atom stereocenters. The Bertz CT molecular complexity index is 914. The van der Waals surface area contributed by atoms with Crippen LogP contribution >= 0.6 is 22.6 Å². The van der Waals surface area contributed by atoms with Crippen LogP contribution in [0.15, 0.2) is 36.5 Å². The summed E-state index contributed by atoms with van der Waals surface area (Å²) in [5.74, 6) is 2.01. The number of halogens is 1. The highest BCUT2D eigenvalue weighted by molar-refractivity contribution is 14.1. The van der Waals surface area contributed by atoms with E-state index in [0.717, 1.165) is 22.6 Å². The average molecular weight is 479 g/mol. The fourth-order valence-electron chi connectivity index (χ4n) is 3.14. The van der Waals surface area contributed by atoms with Crippen LogP contribution in [0.5, 0.6) is 17.4 Å². The van der Waals surface area contributed by atoms with Crippen LogP contribution in [0, 0.1) is 5.92 Å². The molecule has 8 heteroatoms. The van der Waals surface area contributed by atoms with E-state index < -0.39 is 9.58 Å². The molecular formula is C19H18IN3O4. The summed E-state index contributed by atoms with van der Waals surface area (Å²) in [7, 11) is 0. The molecule has 0 bridgehead atoms. The molecule has 2 aliphatic rings. The first kappa shape index (κ1) is 18.0. The fourth-order valence-corrected chi connectivity index (χ4v) is 3.61. The van der Waals surface area contributed by atoms with Gasteiger partial charge in [0.05, 0.1) is 18.5 Å². The van der Waals surface area contributed by atoms with Gasteiger partial charge in [-0.2, -0.15) is 0 Å². The number of rotatable bonds is 3. The number of aromatic nitrogens is 1. The maximum atomic E-state index is 12.4. The van der Waals surface area contributed by atoms with E-state index in [4.69, 9.17) is 9.47 Å². The maximum Gasteiger partial charge on any atom is 0.330 e. The molecule has 140 valence electrons. The maximum absolute atomic E-state index is 12.4. The Morgan fingerprint density at radius 3 is 2.81 bits per heavy atom. The number of ether oxygens (including phenoxy) is 2. The molecule has 1 aromatic heterocycles. The number of amides is 3. The summed E-state index contributed by atoms with van der Waals surface area (Å²) < 4.78 is 10.7. The highest BCUT2D eigenvalue weighted by Crippen LogP contribution is 2.37. The van der Waals surface area contributed by atoms with Crippen LogP contribution in [0.1, 0.15) is 19.4 Å². The minimum Gasteiger partial charge on any atom is -0.493 e. The highest BCUT2D eigenvalue weighted by Gasteiger charge is 2.46. The number of hydrogen-bond acceptors (Lipinski definition) is 5. The summed E-state index contributed by atoms with van der Waals surface area (Å²) in [4.78, 5) is 29.8. The predicted octanol–water partition coefficient (Wildman–Crippen LogP) is 3.65. The van der Waals surface area contributed by atoms with Crippen LogP contribution in [0.4, 0.5) is 10.5 Å². The van der Waals surface area contributed by atoms with Crippen molar-refractivity contribution < 1.29 is 19.1 Å². The molecule has 1 aromatic carbocycles. The van der Waals surface area contributed by atoms with Crippen molar-refractivity contribution in [3.05, 3.63) is 42.1 Å². The second kappa shape index (κ2) is 6.66. The number of nitrogens with one attached hydrogen (secondary N) is 1. The Morgan fingerprint density at radius 2 is 2.15 bits per heavy atom. The van der Waals surface area contributed by atoms with Gasteiger partial charge in [0.2, 0.25) is 5.88 Å². The number of pyridine rings is 1. The molecule has 1 N–H and O–H groups in total. The Kier molecular flexibility index (Phi) is 4.45. The van der Waals surface area contributed by atoms with Crippen molar-refractivity contribution in [2.24, 2.45) is 5.92 Å². The number of urea groups is 1. The number of benzene rings is 1. The Balaban J connectivity index is 1.56. The zero-order valence-electron chi connectivity index (χ0n) is 14.9. The molecule has 0 aliphatic carbocycles. The van der Waals surface area contributed by atoms with Crippen LogP contribution in [-0.4, -0.2) is 27.1 Å².